The van der Waals surface area contributed by atoms with E-state index in [4.69, 9.17) is 14.2 Å². The smallest absolute Gasteiger partial charge is 0.308 e. The van der Waals surface area contributed by atoms with E-state index in [2.05, 4.69) is 29.7 Å². The molecule has 7 nitrogen and oxygen atoms in total. The summed E-state index contributed by atoms with van der Waals surface area (Å²) in [6, 6.07) is 3.74. The van der Waals surface area contributed by atoms with Gasteiger partial charge in [-0.25, -0.2) is 0 Å². The summed E-state index contributed by atoms with van der Waals surface area (Å²) < 4.78 is 18.2. The second kappa shape index (κ2) is 6.86. The Hall–Kier alpha value is -2.80. The molecule has 1 aromatic carbocycles. The number of amides is 1. The van der Waals surface area contributed by atoms with Gasteiger partial charge in [-0.1, -0.05) is 37.8 Å². The number of hydrogen-bond acceptors (Lipinski definition) is 6. The molecule has 4 atom stereocenters. The van der Waals surface area contributed by atoms with E-state index in [1.54, 1.807) is 13.2 Å². The van der Waals surface area contributed by atoms with Gasteiger partial charge < -0.3 is 19.1 Å². The molecule has 2 spiro atoms. The lowest BCUT2D eigenvalue weighted by Gasteiger charge is -2.59. The van der Waals surface area contributed by atoms with Gasteiger partial charge in [0.2, 0.25) is 5.91 Å². The topological polar surface area (TPSA) is 68.3 Å². The molecule has 7 heteroatoms. The van der Waals surface area contributed by atoms with Crippen LogP contribution in [0.5, 0.6) is 11.5 Å². The van der Waals surface area contributed by atoms with Gasteiger partial charge in [0.05, 0.1) is 36.1 Å². The van der Waals surface area contributed by atoms with Gasteiger partial charge in [-0.05, 0) is 30.9 Å². The second-order valence-electron chi connectivity index (χ2n) is 9.78. The van der Waals surface area contributed by atoms with Crippen molar-refractivity contribution in [3.63, 3.8) is 0 Å². The maximum atomic E-state index is 13.5. The Bertz CT molecular complexity index is 1100. The number of hydrogen-bond donors (Lipinski definition) is 0. The van der Waals surface area contributed by atoms with Crippen molar-refractivity contribution >= 4 is 17.6 Å². The maximum absolute atomic E-state index is 13.5. The molecule has 0 radical (unpaired) electrons. The molecule has 6 rings (SSSR count). The van der Waals surface area contributed by atoms with Crippen molar-refractivity contribution in [1.29, 1.82) is 0 Å². The molecule has 0 aromatic heterocycles. The zero-order valence-corrected chi connectivity index (χ0v) is 19.3. The van der Waals surface area contributed by atoms with Crippen LogP contribution in [0.1, 0.15) is 44.6 Å². The molecule has 3 fully saturated rings. The number of methoxy groups -OCH3 is 1. The molecule has 4 aliphatic heterocycles. The Morgan fingerprint density at radius 1 is 1.33 bits per heavy atom. The third-order valence-corrected chi connectivity index (χ3v) is 8.60. The van der Waals surface area contributed by atoms with Crippen LogP contribution in [-0.4, -0.2) is 55.3 Å². The molecule has 0 saturated carbocycles. The number of carbonyl (C=O) groups is 2. The monoisotopic (exact) mass is 450 g/mol. The van der Waals surface area contributed by atoms with Crippen LogP contribution in [0.4, 0.5) is 5.69 Å². The molecule has 1 amide bonds. The van der Waals surface area contributed by atoms with E-state index in [0.717, 1.165) is 43.6 Å². The second-order valence-corrected chi connectivity index (χ2v) is 9.78. The van der Waals surface area contributed by atoms with E-state index in [1.165, 1.54) is 0 Å². The van der Waals surface area contributed by atoms with Gasteiger partial charge in [-0.3, -0.25) is 14.5 Å². The normalized spacial score (nSPS) is 35.4. The zero-order chi connectivity index (χ0) is 23.0. The maximum Gasteiger partial charge on any atom is 0.308 e. The van der Waals surface area contributed by atoms with Crippen LogP contribution < -0.4 is 14.4 Å². The van der Waals surface area contributed by atoms with Gasteiger partial charge in [0.25, 0.3) is 0 Å². The minimum atomic E-state index is -0.777. The average Bonchev–Trinajstić information content (AvgIpc) is 3.42. The molecule has 0 N–H and O–H groups in total. The predicted molar refractivity (Wildman–Crippen MR) is 122 cm³/mol. The summed E-state index contributed by atoms with van der Waals surface area (Å²) in [7, 11) is 1.61. The molecule has 4 heterocycles. The number of ether oxygens (including phenoxy) is 3. The summed E-state index contributed by atoms with van der Waals surface area (Å²) in [4.78, 5) is 30.7. The molecule has 3 saturated heterocycles. The lowest BCUT2D eigenvalue weighted by Crippen LogP contribution is -2.71. The summed E-state index contributed by atoms with van der Waals surface area (Å²) in [6.45, 7) is 7.68. The predicted octanol–water partition coefficient (Wildman–Crippen LogP) is 3.32. The molecule has 0 bridgehead atoms. The fourth-order valence-electron chi connectivity index (χ4n) is 7.65. The van der Waals surface area contributed by atoms with Crippen LogP contribution >= 0.6 is 0 Å². The van der Waals surface area contributed by atoms with E-state index in [-0.39, 0.29) is 23.3 Å². The van der Waals surface area contributed by atoms with Crippen molar-refractivity contribution in [2.24, 2.45) is 5.41 Å². The van der Waals surface area contributed by atoms with E-state index in [0.29, 0.717) is 30.9 Å². The number of carbonyl (C=O) groups excluding carboxylic acids is 2. The number of anilines is 1. The number of fused-ring (bicyclic) bond motifs is 1. The Kier molecular flexibility index (Phi) is 4.32. The average molecular weight is 451 g/mol. The van der Waals surface area contributed by atoms with Crippen LogP contribution in [0.25, 0.3) is 0 Å². The Morgan fingerprint density at radius 3 is 2.94 bits per heavy atom. The third kappa shape index (κ3) is 2.20. The summed E-state index contributed by atoms with van der Waals surface area (Å²) in [5, 5.41) is 0. The minimum Gasteiger partial charge on any atom is -0.491 e. The van der Waals surface area contributed by atoms with E-state index >= 15 is 0 Å². The first-order chi connectivity index (χ1) is 16.0. The van der Waals surface area contributed by atoms with Gasteiger partial charge in [0.15, 0.2) is 17.2 Å². The van der Waals surface area contributed by atoms with Gasteiger partial charge in [-0.15, -0.1) is 0 Å². The highest BCUT2D eigenvalue weighted by atomic mass is 16.6. The SMILES string of the molecule is C=CCOc1ccc2c(c1OC)N(C(=O)CC)[C@@H]1C=C[C@@]34CCCN5CC[C@@]21[C@]53OC(=O)C4. The molecule has 33 heavy (non-hydrogen) atoms. The van der Waals surface area contributed by atoms with Crippen molar-refractivity contribution in [3.8, 4) is 11.5 Å². The minimum absolute atomic E-state index is 0.0180. The largest absolute Gasteiger partial charge is 0.491 e. The summed E-state index contributed by atoms with van der Waals surface area (Å²) >= 11 is 0. The quantitative estimate of drug-likeness (QED) is 0.506. The van der Waals surface area contributed by atoms with Crippen LogP contribution in [0.3, 0.4) is 0 Å². The highest BCUT2D eigenvalue weighted by Crippen LogP contribution is 2.72. The van der Waals surface area contributed by atoms with E-state index in [9.17, 15) is 9.59 Å². The molecule has 5 aliphatic rings. The lowest BCUT2D eigenvalue weighted by molar-refractivity contribution is -0.207. The Labute approximate surface area is 194 Å². The van der Waals surface area contributed by atoms with Gasteiger partial charge in [-0.2, -0.15) is 0 Å². The fourth-order valence-corrected chi connectivity index (χ4v) is 7.65. The Morgan fingerprint density at radius 2 is 2.18 bits per heavy atom. The molecule has 0 unspecified atom stereocenters. The van der Waals surface area contributed by atoms with Crippen molar-refractivity contribution in [3.05, 3.63) is 42.5 Å². The zero-order valence-electron chi connectivity index (χ0n) is 19.3. The van der Waals surface area contributed by atoms with Gasteiger partial charge in [0.1, 0.15) is 6.61 Å². The van der Waals surface area contributed by atoms with E-state index in [1.807, 2.05) is 17.9 Å². The first kappa shape index (κ1) is 20.8. The third-order valence-electron chi connectivity index (χ3n) is 8.60. The van der Waals surface area contributed by atoms with Crippen molar-refractivity contribution in [2.75, 3.05) is 31.7 Å². The van der Waals surface area contributed by atoms with Gasteiger partial charge >= 0.3 is 5.97 Å². The lowest BCUT2D eigenvalue weighted by atomic mass is 9.53. The Balaban J connectivity index is 1.66. The fraction of sp³-hybridized carbons (Fsp3) is 0.538. The molecule has 1 aliphatic carbocycles. The highest BCUT2D eigenvalue weighted by Gasteiger charge is 2.81. The number of rotatable bonds is 5. The van der Waals surface area contributed by atoms with Crippen LogP contribution in [0.2, 0.25) is 0 Å². The number of esters is 1. The number of benzene rings is 1. The number of nitrogens with zero attached hydrogens (tertiary/aromatic N) is 2. The van der Waals surface area contributed by atoms with Crippen LogP contribution in [-0.2, 0) is 19.7 Å². The summed E-state index contributed by atoms with van der Waals surface area (Å²) in [5.74, 6) is 1.00. The van der Waals surface area contributed by atoms with Gasteiger partial charge in [0, 0.05) is 19.5 Å². The van der Waals surface area contributed by atoms with E-state index < -0.39 is 11.1 Å². The van der Waals surface area contributed by atoms with Crippen molar-refractivity contribution in [2.45, 2.75) is 56.2 Å². The van der Waals surface area contributed by atoms with Crippen LogP contribution in [0, 0.1) is 5.41 Å². The standard InChI is InChI=1S/C26H30N2O5/c1-4-15-32-18-8-7-17-22(23(18)31-3)28(20(29)5-2)19-9-11-24-10-6-13-27-14-12-25(17,19)26(24,27)33-21(30)16-24/h4,7-9,11,19H,1,5-6,10,12-16H2,2-3H3/t19-,24-,25-,26+/m1/s1. The molecular formula is C26H30N2O5. The molecule has 174 valence electrons. The highest BCUT2D eigenvalue weighted by molar-refractivity contribution is 6.01. The first-order valence-corrected chi connectivity index (χ1v) is 11.9. The molecule has 1 aromatic rings. The summed E-state index contributed by atoms with van der Waals surface area (Å²) in [5.41, 5.74) is 0.0776. The molecular weight excluding hydrogens is 420 g/mol. The number of piperidine rings is 1. The van der Waals surface area contributed by atoms with Crippen LogP contribution in [0.15, 0.2) is 36.9 Å². The first-order valence-electron chi connectivity index (χ1n) is 11.9. The van der Waals surface area contributed by atoms with Crippen molar-refractivity contribution in [1.82, 2.24) is 4.90 Å². The van der Waals surface area contributed by atoms with Crippen molar-refractivity contribution < 1.29 is 23.8 Å². The summed E-state index contributed by atoms with van der Waals surface area (Å²) in [6.07, 6.45) is 9.57.